The van der Waals surface area contributed by atoms with Crippen LogP contribution >= 0.6 is 0 Å². The van der Waals surface area contributed by atoms with Crippen molar-refractivity contribution in [2.75, 3.05) is 5.73 Å². The molecule has 3 N–H and O–H groups in total. The van der Waals surface area contributed by atoms with Crippen LogP contribution in [0, 0.1) is 23.2 Å². The van der Waals surface area contributed by atoms with E-state index in [1.165, 1.54) is 0 Å². The summed E-state index contributed by atoms with van der Waals surface area (Å²) in [5.74, 6) is 6.92. The second kappa shape index (κ2) is 6.75. The van der Waals surface area contributed by atoms with Gasteiger partial charge in [-0.1, -0.05) is 24.3 Å². The molecular weight excluding hydrogens is 338 g/mol. The van der Waals surface area contributed by atoms with Gasteiger partial charge in [-0.2, -0.15) is 10.2 Å². The highest BCUT2D eigenvalue weighted by molar-refractivity contribution is 5.88. The van der Waals surface area contributed by atoms with Crippen LogP contribution in [0.25, 0.3) is 16.7 Å². The van der Waals surface area contributed by atoms with Crippen LogP contribution in [0.15, 0.2) is 36.7 Å². The van der Waals surface area contributed by atoms with Crippen LogP contribution in [-0.2, 0) is 0 Å². The average Bonchev–Trinajstić information content (AvgIpc) is 3.05. The summed E-state index contributed by atoms with van der Waals surface area (Å²) in [7, 11) is 0. The predicted octanol–water partition coefficient (Wildman–Crippen LogP) is 2.92. The van der Waals surface area contributed by atoms with Gasteiger partial charge >= 0.3 is 0 Å². The summed E-state index contributed by atoms with van der Waals surface area (Å²) in [4.78, 5) is 8.16. The number of aliphatic hydroxyl groups is 1. The number of nitrogens with zero attached hydrogens (tertiary/aromatic N) is 4. The van der Waals surface area contributed by atoms with Crippen molar-refractivity contribution in [2.45, 2.75) is 37.7 Å². The van der Waals surface area contributed by atoms with Crippen molar-refractivity contribution in [3.63, 3.8) is 0 Å². The van der Waals surface area contributed by atoms with Gasteiger partial charge in [-0.3, -0.25) is 4.57 Å². The van der Waals surface area contributed by atoms with Crippen LogP contribution in [0.5, 0.6) is 0 Å². The van der Waals surface area contributed by atoms with Crippen LogP contribution in [0.2, 0.25) is 0 Å². The average molecular weight is 357 g/mol. The summed E-state index contributed by atoms with van der Waals surface area (Å²) in [5, 5.41) is 20.9. The zero-order valence-electron chi connectivity index (χ0n) is 14.8. The molecule has 4 rings (SSSR count). The van der Waals surface area contributed by atoms with Crippen molar-refractivity contribution in [3.05, 3.63) is 47.8 Å². The number of nitriles is 1. The van der Waals surface area contributed by atoms with Gasteiger partial charge in [-0.15, -0.1) is 0 Å². The van der Waals surface area contributed by atoms with E-state index in [4.69, 9.17) is 5.73 Å². The minimum atomic E-state index is -0.895. The van der Waals surface area contributed by atoms with Gasteiger partial charge in [0.1, 0.15) is 17.5 Å². The SMILES string of the molecule is N#Cc1cn(-c2ccnc(N)n2)c2cc(C#CC3(O)CCCCC3)ccc12. The van der Waals surface area contributed by atoms with Gasteiger partial charge in [0.05, 0.1) is 11.1 Å². The Kier molecular flexibility index (Phi) is 4.27. The fourth-order valence-corrected chi connectivity index (χ4v) is 3.53. The zero-order chi connectivity index (χ0) is 18.9. The molecule has 0 unspecified atom stereocenters. The van der Waals surface area contributed by atoms with Crippen LogP contribution in [0.4, 0.5) is 5.95 Å². The van der Waals surface area contributed by atoms with Crippen molar-refractivity contribution in [1.82, 2.24) is 14.5 Å². The van der Waals surface area contributed by atoms with Crippen molar-refractivity contribution in [3.8, 4) is 23.7 Å². The van der Waals surface area contributed by atoms with Gasteiger partial charge in [0.25, 0.3) is 0 Å². The number of aromatic nitrogens is 3. The lowest BCUT2D eigenvalue weighted by molar-refractivity contribution is 0.0610. The van der Waals surface area contributed by atoms with Gasteiger partial charge in [-0.05, 0) is 43.9 Å². The summed E-state index contributed by atoms with van der Waals surface area (Å²) in [6.07, 6.45) is 7.93. The molecule has 1 saturated carbocycles. The number of hydrogen-bond acceptors (Lipinski definition) is 5. The first-order chi connectivity index (χ1) is 13.1. The normalized spacial score (nSPS) is 15.7. The standard InChI is InChI=1S/C21H19N5O/c22-13-16-14-26(19-7-11-24-20(23)25-19)18-12-15(4-5-17(16)18)6-10-21(27)8-2-1-3-9-21/h4-5,7,11-12,14,27H,1-3,8-9H2,(H2,23,24,25). The number of nitrogen functional groups attached to an aromatic ring is 1. The second-order valence-corrected chi connectivity index (χ2v) is 6.87. The molecule has 6 heteroatoms. The van der Waals surface area contributed by atoms with E-state index in [-0.39, 0.29) is 5.95 Å². The fourth-order valence-electron chi connectivity index (χ4n) is 3.53. The van der Waals surface area contributed by atoms with E-state index in [0.717, 1.165) is 48.6 Å². The lowest BCUT2D eigenvalue weighted by Gasteiger charge is -2.26. The minimum absolute atomic E-state index is 0.170. The summed E-state index contributed by atoms with van der Waals surface area (Å²) in [6, 6.07) is 9.61. The van der Waals surface area contributed by atoms with E-state index in [2.05, 4.69) is 27.9 Å². The number of benzene rings is 1. The molecule has 0 atom stereocenters. The molecule has 0 amide bonds. The van der Waals surface area contributed by atoms with E-state index in [1.807, 2.05) is 22.8 Å². The van der Waals surface area contributed by atoms with Crippen molar-refractivity contribution in [1.29, 1.82) is 5.26 Å². The van der Waals surface area contributed by atoms with E-state index < -0.39 is 5.60 Å². The molecule has 0 aliphatic heterocycles. The Labute approximate surface area is 157 Å². The van der Waals surface area contributed by atoms with Crippen LogP contribution in [0.1, 0.15) is 43.2 Å². The van der Waals surface area contributed by atoms with Gasteiger partial charge in [-0.25, -0.2) is 4.98 Å². The van der Waals surface area contributed by atoms with Crippen molar-refractivity contribution < 1.29 is 5.11 Å². The molecule has 6 nitrogen and oxygen atoms in total. The van der Waals surface area contributed by atoms with E-state index >= 15 is 0 Å². The van der Waals surface area contributed by atoms with Gasteiger partial charge < -0.3 is 10.8 Å². The summed E-state index contributed by atoms with van der Waals surface area (Å²) < 4.78 is 1.81. The van der Waals surface area contributed by atoms with Crippen LogP contribution in [-0.4, -0.2) is 25.2 Å². The Morgan fingerprint density at radius 3 is 2.74 bits per heavy atom. The van der Waals surface area contributed by atoms with Gasteiger partial charge in [0.2, 0.25) is 5.95 Å². The molecule has 27 heavy (non-hydrogen) atoms. The number of fused-ring (bicyclic) bond motifs is 1. The highest BCUT2D eigenvalue weighted by Gasteiger charge is 2.26. The highest BCUT2D eigenvalue weighted by atomic mass is 16.3. The molecule has 1 aliphatic rings. The molecule has 3 aromatic rings. The summed E-state index contributed by atoms with van der Waals surface area (Å²) in [6.45, 7) is 0. The van der Waals surface area contributed by atoms with E-state index in [1.54, 1.807) is 18.5 Å². The summed E-state index contributed by atoms with van der Waals surface area (Å²) >= 11 is 0. The van der Waals surface area contributed by atoms with Crippen LogP contribution in [0.3, 0.4) is 0 Å². The molecule has 0 spiro atoms. The number of hydrogen-bond donors (Lipinski definition) is 2. The van der Waals surface area contributed by atoms with Crippen molar-refractivity contribution in [2.24, 2.45) is 0 Å². The van der Waals surface area contributed by atoms with Gasteiger partial charge in [0, 0.05) is 23.3 Å². The Hall–Kier alpha value is -3.35. The third-order valence-electron chi connectivity index (χ3n) is 4.95. The number of rotatable bonds is 1. The monoisotopic (exact) mass is 357 g/mol. The largest absolute Gasteiger partial charge is 0.378 e. The van der Waals surface area contributed by atoms with Crippen molar-refractivity contribution >= 4 is 16.9 Å². The highest BCUT2D eigenvalue weighted by Crippen LogP contribution is 2.28. The fraction of sp³-hybridized carbons (Fsp3) is 0.286. The molecule has 1 aromatic carbocycles. The molecular formula is C21H19N5O. The first kappa shape index (κ1) is 17.1. The Balaban J connectivity index is 1.80. The Morgan fingerprint density at radius 2 is 2.00 bits per heavy atom. The van der Waals surface area contributed by atoms with E-state index in [0.29, 0.717) is 11.4 Å². The van der Waals surface area contributed by atoms with Crippen LogP contribution < -0.4 is 5.73 Å². The zero-order valence-corrected chi connectivity index (χ0v) is 14.8. The Morgan fingerprint density at radius 1 is 1.19 bits per heavy atom. The molecule has 134 valence electrons. The molecule has 2 heterocycles. The quantitative estimate of drug-likeness (QED) is 0.652. The first-order valence-corrected chi connectivity index (χ1v) is 8.98. The molecule has 0 saturated heterocycles. The second-order valence-electron chi connectivity index (χ2n) is 6.87. The maximum atomic E-state index is 10.6. The third kappa shape index (κ3) is 3.36. The smallest absolute Gasteiger partial charge is 0.221 e. The summed E-state index contributed by atoms with van der Waals surface area (Å²) in [5.41, 5.74) is 6.95. The minimum Gasteiger partial charge on any atom is -0.378 e. The molecule has 1 fully saturated rings. The molecule has 0 bridgehead atoms. The maximum absolute atomic E-state index is 10.6. The molecule has 0 radical (unpaired) electrons. The topological polar surface area (TPSA) is 101 Å². The number of nitrogens with two attached hydrogens (primary N) is 1. The lowest BCUT2D eigenvalue weighted by Crippen LogP contribution is -2.29. The molecule has 1 aliphatic carbocycles. The molecule has 2 aromatic heterocycles. The first-order valence-electron chi connectivity index (χ1n) is 8.98. The predicted molar refractivity (Wildman–Crippen MR) is 103 cm³/mol. The lowest BCUT2D eigenvalue weighted by atomic mass is 9.85. The number of anilines is 1. The third-order valence-corrected chi connectivity index (χ3v) is 4.95. The maximum Gasteiger partial charge on any atom is 0.221 e. The van der Waals surface area contributed by atoms with Gasteiger partial charge in [0.15, 0.2) is 0 Å². The Bertz CT molecular complexity index is 1110. The van der Waals surface area contributed by atoms with E-state index in [9.17, 15) is 10.4 Å².